The van der Waals surface area contributed by atoms with E-state index in [-0.39, 0.29) is 16.8 Å². The molecule has 138 valence electrons. The van der Waals surface area contributed by atoms with E-state index in [0.29, 0.717) is 44.7 Å². The lowest BCUT2D eigenvalue weighted by atomic mass is 10.1. The van der Waals surface area contributed by atoms with Crippen LogP contribution < -0.4 is 0 Å². The van der Waals surface area contributed by atoms with Gasteiger partial charge in [-0.05, 0) is 44.0 Å². The molecule has 1 aromatic carbocycles. The highest BCUT2D eigenvalue weighted by atomic mass is 32.2. The maximum Gasteiger partial charge on any atom is 0.243 e. The average Bonchev–Trinajstić information content (AvgIpc) is 2.81. The summed E-state index contributed by atoms with van der Waals surface area (Å²) in [4.78, 5) is 16.5. The van der Waals surface area contributed by atoms with Gasteiger partial charge >= 0.3 is 0 Å². The van der Waals surface area contributed by atoms with Gasteiger partial charge in [-0.1, -0.05) is 0 Å². The second-order valence-electron chi connectivity index (χ2n) is 6.57. The van der Waals surface area contributed by atoms with Gasteiger partial charge in [0.25, 0.3) is 0 Å². The highest BCUT2D eigenvalue weighted by Crippen LogP contribution is 2.23. The second kappa shape index (κ2) is 7.01. The molecule has 3 rings (SSSR count). The third-order valence-corrected chi connectivity index (χ3v) is 7.03. The second-order valence-corrected chi connectivity index (χ2v) is 8.51. The van der Waals surface area contributed by atoms with Crippen LogP contribution in [0.3, 0.4) is 0 Å². The van der Waals surface area contributed by atoms with Crippen molar-refractivity contribution in [2.24, 2.45) is 0 Å². The molecule has 2 aliphatic rings. The molecule has 1 atom stereocenters. The SMILES string of the molecule is CCN1CCN2CCN(S(=O)(=O)c3ccc(F)c(C)c3)CCC2C1=O. The van der Waals surface area contributed by atoms with Gasteiger partial charge in [-0.3, -0.25) is 9.69 Å². The Kier molecular flexibility index (Phi) is 5.13. The van der Waals surface area contributed by atoms with Crippen LogP contribution in [0.4, 0.5) is 4.39 Å². The van der Waals surface area contributed by atoms with E-state index in [1.807, 2.05) is 11.8 Å². The van der Waals surface area contributed by atoms with Gasteiger partial charge in [-0.15, -0.1) is 0 Å². The number of amides is 1. The van der Waals surface area contributed by atoms with Gasteiger partial charge in [-0.2, -0.15) is 4.31 Å². The summed E-state index contributed by atoms with van der Waals surface area (Å²) in [6.45, 7) is 6.82. The fraction of sp³-hybridized carbons (Fsp3) is 0.588. The number of carbonyl (C=O) groups excluding carboxylic acids is 1. The van der Waals surface area contributed by atoms with Crippen molar-refractivity contribution in [3.63, 3.8) is 0 Å². The van der Waals surface area contributed by atoms with Crippen molar-refractivity contribution in [3.8, 4) is 0 Å². The molecule has 0 aromatic heterocycles. The number of piperazine rings is 1. The summed E-state index contributed by atoms with van der Waals surface area (Å²) in [5.41, 5.74) is 0.307. The summed E-state index contributed by atoms with van der Waals surface area (Å²) in [5, 5.41) is 0. The van der Waals surface area contributed by atoms with Gasteiger partial charge < -0.3 is 4.90 Å². The molecular formula is C17H24FN3O3S. The number of sulfonamides is 1. The van der Waals surface area contributed by atoms with E-state index in [1.54, 1.807) is 6.92 Å². The first-order valence-electron chi connectivity index (χ1n) is 8.63. The summed E-state index contributed by atoms with van der Waals surface area (Å²) in [6, 6.07) is 3.61. The van der Waals surface area contributed by atoms with Crippen molar-refractivity contribution in [2.75, 3.05) is 39.3 Å². The van der Waals surface area contributed by atoms with Crippen molar-refractivity contribution in [1.82, 2.24) is 14.1 Å². The molecule has 2 saturated heterocycles. The van der Waals surface area contributed by atoms with Crippen LogP contribution in [-0.4, -0.2) is 73.7 Å². The predicted molar refractivity (Wildman–Crippen MR) is 92.1 cm³/mol. The summed E-state index contributed by atoms with van der Waals surface area (Å²) < 4.78 is 40.7. The van der Waals surface area contributed by atoms with Crippen LogP contribution in [0.15, 0.2) is 23.1 Å². The molecule has 2 aliphatic heterocycles. The normalized spacial score (nSPS) is 23.4. The Hall–Kier alpha value is -1.51. The van der Waals surface area contributed by atoms with E-state index in [0.717, 1.165) is 6.54 Å². The largest absolute Gasteiger partial charge is 0.340 e. The number of halogens is 1. The first-order chi connectivity index (χ1) is 11.8. The van der Waals surface area contributed by atoms with E-state index < -0.39 is 15.8 Å². The van der Waals surface area contributed by atoms with E-state index in [4.69, 9.17) is 0 Å². The molecule has 0 aliphatic carbocycles. The third-order valence-electron chi connectivity index (χ3n) is 5.13. The minimum absolute atomic E-state index is 0.0885. The maximum absolute atomic E-state index is 13.5. The number of rotatable bonds is 3. The van der Waals surface area contributed by atoms with Gasteiger partial charge in [0, 0.05) is 39.3 Å². The maximum atomic E-state index is 13.5. The number of carbonyl (C=O) groups is 1. The average molecular weight is 369 g/mol. The molecule has 0 spiro atoms. The molecule has 2 fully saturated rings. The molecule has 1 aromatic rings. The predicted octanol–water partition coefficient (Wildman–Crippen LogP) is 1.06. The molecule has 0 bridgehead atoms. The van der Waals surface area contributed by atoms with Crippen LogP contribution in [0, 0.1) is 12.7 Å². The minimum atomic E-state index is -3.69. The Morgan fingerprint density at radius 1 is 1.16 bits per heavy atom. The summed E-state index contributed by atoms with van der Waals surface area (Å²) in [5.74, 6) is -0.331. The monoisotopic (exact) mass is 369 g/mol. The Morgan fingerprint density at radius 2 is 1.88 bits per heavy atom. The molecule has 6 nitrogen and oxygen atoms in total. The van der Waals surface area contributed by atoms with E-state index >= 15 is 0 Å². The molecule has 0 N–H and O–H groups in total. The fourth-order valence-corrected chi connectivity index (χ4v) is 5.09. The van der Waals surface area contributed by atoms with E-state index in [9.17, 15) is 17.6 Å². The zero-order valence-electron chi connectivity index (χ0n) is 14.6. The standard InChI is InChI=1S/C17H24FN3O3S/c1-3-19-8-9-20-10-11-21(7-6-16(20)17(19)22)25(23,24)14-4-5-15(18)13(2)12-14/h4-5,12,16H,3,6-11H2,1-2H3. The molecule has 1 amide bonds. The van der Waals surface area contributed by atoms with Crippen LogP contribution in [0.25, 0.3) is 0 Å². The van der Waals surface area contributed by atoms with Gasteiger partial charge in [-0.25, -0.2) is 12.8 Å². The lowest BCUT2D eigenvalue weighted by Crippen LogP contribution is -2.56. The van der Waals surface area contributed by atoms with Crippen molar-refractivity contribution in [3.05, 3.63) is 29.6 Å². The van der Waals surface area contributed by atoms with Gasteiger partial charge in [0.2, 0.25) is 15.9 Å². The van der Waals surface area contributed by atoms with Crippen molar-refractivity contribution < 1.29 is 17.6 Å². The highest BCUT2D eigenvalue weighted by Gasteiger charge is 2.38. The number of likely N-dealkylation sites (N-methyl/N-ethyl adjacent to an activating group) is 1. The molecule has 25 heavy (non-hydrogen) atoms. The summed E-state index contributed by atoms with van der Waals surface area (Å²) in [6.07, 6.45) is 0.481. The van der Waals surface area contributed by atoms with Crippen molar-refractivity contribution in [1.29, 1.82) is 0 Å². The van der Waals surface area contributed by atoms with Crippen LogP contribution in [-0.2, 0) is 14.8 Å². The quantitative estimate of drug-likeness (QED) is 0.799. The fourth-order valence-electron chi connectivity index (χ4n) is 3.55. The van der Waals surface area contributed by atoms with Crippen LogP contribution >= 0.6 is 0 Å². The minimum Gasteiger partial charge on any atom is -0.340 e. The first kappa shape index (κ1) is 18.3. The zero-order valence-corrected chi connectivity index (χ0v) is 15.4. The van der Waals surface area contributed by atoms with Crippen molar-refractivity contribution >= 4 is 15.9 Å². The topological polar surface area (TPSA) is 60.9 Å². The number of nitrogens with zero attached hydrogens (tertiary/aromatic N) is 3. The molecule has 2 heterocycles. The highest BCUT2D eigenvalue weighted by molar-refractivity contribution is 7.89. The lowest BCUT2D eigenvalue weighted by molar-refractivity contribution is -0.141. The van der Waals surface area contributed by atoms with E-state index in [2.05, 4.69) is 4.90 Å². The van der Waals surface area contributed by atoms with Gasteiger partial charge in [0.05, 0.1) is 10.9 Å². The summed E-state index contributed by atoms with van der Waals surface area (Å²) in [7, 11) is -3.69. The van der Waals surface area contributed by atoms with Crippen LogP contribution in [0.2, 0.25) is 0 Å². The first-order valence-corrected chi connectivity index (χ1v) is 10.1. The third kappa shape index (κ3) is 3.43. The number of hydrogen-bond donors (Lipinski definition) is 0. The Bertz CT molecular complexity index is 768. The number of aryl methyl sites for hydroxylation is 1. The lowest BCUT2D eigenvalue weighted by Gasteiger charge is -2.39. The zero-order chi connectivity index (χ0) is 18.2. The Balaban J connectivity index is 1.80. The molecule has 8 heteroatoms. The van der Waals surface area contributed by atoms with Crippen LogP contribution in [0.1, 0.15) is 18.9 Å². The Morgan fingerprint density at radius 3 is 2.56 bits per heavy atom. The molecule has 0 radical (unpaired) electrons. The number of hydrogen-bond acceptors (Lipinski definition) is 4. The number of benzene rings is 1. The molecular weight excluding hydrogens is 345 g/mol. The van der Waals surface area contributed by atoms with Gasteiger partial charge in [0.15, 0.2) is 0 Å². The van der Waals surface area contributed by atoms with Gasteiger partial charge in [0.1, 0.15) is 5.82 Å². The van der Waals surface area contributed by atoms with Crippen molar-refractivity contribution in [2.45, 2.75) is 31.2 Å². The molecule has 0 saturated carbocycles. The molecule has 1 unspecified atom stereocenters. The van der Waals surface area contributed by atoms with Crippen LogP contribution in [0.5, 0.6) is 0 Å². The van der Waals surface area contributed by atoms with E-state index in [1.165, 1.54) is 22.5 Å². The summed E-state index contributed by atoms with van der Waals surface area (Å²) >= 11 is 0. The Labute approximate surface area is 148 Å². The number of fused-ring (bicyclic) bond motifs is 1. The smallest absolute Gasteiger partial charge is 0.243 e.